The van der Waals surface area contributed by atoms with E-state index in [0.717, 1.165) is 30.0 Å². The van der Waals surface area contributed by atoms with E-state index in [1.165, 1.54) is 5.56 Å². The van der Waals surface area contributed by atoms with Crippen LogP contribution in [0.3, 0.4) is 0 Å². The molecule has 140 valence electrons. The first-order chi connectivity index (χ1) is 12.7. The third-order valence-electron chi connectivity index (χ3n) is 3.64. The van der Waals surface area contributed by atoms with E-state index in [-0.39, 0.29) is 5.91 Å². The number of hydrogen-bond donors (Lipinski definition) is 1. The summed E-state index contributed by atoms with van der Waals surface area (Å²) in [6.07, 6.45) is 2.01. The molecule has 4 nitrogen and oxygen atoms in total. The maximum atomic E-state index is 12.1. The second-order valence-electron chi connectivity index (χ2n) is 5.90. The van der Waals surface area contributed by atoms with E-state index < -0.39 is 0 Å². The number of carbonyl (C=O) groups excluding carboxylic acids is 1. The van der Waals surface area contributed by atoms with Crippen LogP contribution in [0.15, 0.2) is 48.5 Å². The highest BCUT2D eigenvalue weighted by molar-refractivity contribution is 7.99. The molecule has 0 aliphatic carbocycles. The number of anilines is 1. The molecule has 0 fully saturated rings. The Morgan fingerprint density at radius 3 is 2.73 bits per heavy atom. The summed E-state index contributed by atoms with van der Waals surface area (Å²) in [4.78, 5) is 12.1. The van der Waals surface area contributed by atoms with Gasteiger partial charge in [-0.05, 0) is 62.3 Å². The van der Waals surface area contributed by atoms with E-state index >= 15 is 0 Å². The number of carbonyl (C=O) groups is 1. The van der Waals surface area contributed by atoms with Crippen LogP contribution in [-0.2, 0) is 4.79 Å². The minimum atomic E-state index is -0.00170. The van der Waals surface area contributed by atoms with Gasteiger partial charge < -0.3 is 14.8 Å². The summed E-state index contributed by atoms with van der Waals surface area (Å²) in [5, 5.41) is 2.91. The molecule has 1 N–H and O–H groups in total. The molecule has 0 radical (unpaired) electrons. The Morgan fingerprint density at radius 2 is 1.92 bits per heavy atom. The Kier molecular flexibility index (Phi) is 8.90. The Labute approximate surface area is 160 Å². The van der Waals surface area contributed by atoms with Gasteiger partial charge in [0.1, 0.15) is 11.5 Å². The minimum absolute atomic E-state index is 0.00170. The summed E-state index contributed by atoms with van der Waals surface area (Å²) in [6, 6.07) is 15.6. The van der Waals surface area contributed by atoms with Crippen LogP contribution in [0.2, 0.25) is 0 Å². The van der Waals surface area contributed by atoms with Gasteiger partial charge in [0.2, 0.25) is 5.91 Å². The lowest BCUT2D eigenvalue weighted by Gasteiger charge is -2.11. The lowest BCUT2D eigenvalue weighted by molar-refractivity contribution is -0.113. The second kappa shape index (κ2) is 11.5. The highest BCUT2D eigenvalue weighted by Gasteiger charge is 2.07. The van der Waals surface area contributed by atoms with Gasteiger partial charge in [0.25, 0.3) is 0 Å². The number of rotatable bonds is 11. The van der Waals surface area contributed by atoms with Gasteiger partial charge >= 0.3 is 0 Å². The van der Waals surface area contributed by atoms with Gasteiger partial charge in [-0.15, -0.1) is 0 Å². The maximum absolute atomic E-state index is 12.1. The highest BCUT2D eigenvalue weighted by atomic mass is 32.2. The smallest absolute Gasteiger partial charge is 0.234 e. The maximum Gasteiger partial charge on any atom is 0.234 e. The number of benzene rings is 2. The number of amides is 1. The molecule has 0 unspecified atom stereocenters. The topological polar surface area (TPSA) is 47.6 Å². The standard InChI is InChI=1S/C21H27NO3S/c1-3-24-20-12-5-4-11-19(20)22-21(23)16-26-14-7-6-13-25-18-10-8-9-17(2)15-18/h4-5,8-12,15H,3,6-7,13-14,16H2,1-2H3,(H,22,23). The molecule has 0 bridgehead atoms. The van der Waals surface area contributed by atoms with Gasteiger partial charge in [-0.2, -0.15) is 11.8 Å². The third kappa shape index (κ3) is 7.40. The number of para-hydroxylation sites is 2. The van der Waals surface area contributed by atoms with Gasteiger partial charge in [-0.25, -0.2) is 0 Å². The third-order valence-corrected chi connectivity index (χ3v) is 4.68. The molecule has 0 aliphatic heterocycles. The quantitative estimate of drug-likeness (QED) is 0.568. The van der Waals surface area contributed by atoms with Gasteiger partial charge in [0, 0.05) is 0 Å². The molecule has 2 rings (SSSR count). The van der Waals surface area contributed by atoms with E-state index in [0.29, 0.717) is 24.7 Å². The highest BCUT2D eigenvalue weighted by Crippen LogP contribution is 2.23. The van der Waals surface area contributed by atoms with Crippen molar-refractivity contribution >= 4 is 23.4 Å². The Morgan fingerprint density at radius 1 is 1.08 bits per heavy atom. The normalized spacial score (nSPS) is 10.4. The molecule has 0 saturated carbocycles. The zero-order valence-electron chi connectivity index (χ0n) is 15.5. The zero-order chi connectivity index (χ0) is 18.6. The number of ether oxygens (including phenoxy) is 2. The average molecular weight is 374 g/mol. The van der Waals surface area contributed by atoms with Crippen molar-refractivity contribution in [3.63, 3.8) is 0 Å². The fourth-order valence-electron chi connectivity index (χ4n) is 2.40. The molecule has 0 aliphatic rings. The van der Waals surface area contributed by atoms with E-state index in [9.17, 15) is 4.79 Å². The van der Waals surface area contributed by atoms with Crippen LogP contribution < -0.4 is 14.8 Å². The molecule has 5 heteroatoms. The molecular formula is C21H27NO3S. The van der Waals surface area contributed by atoms with Crippen LogP contribution in [0, 0.1) is 6.92 Å². The molecular weight excluding hydrogens is 346 g/mol. The van der Waals surface area contributed by atoms with Crippen molar-refractivity contribution in [2.45, 2.75) is 26.7 Å². The van der Waals surface area contributed by atoms with Gasteiger partial charge in [-0.1, -0.05) is 24.3 Å². The lowest BCUT2D eigenvalue weighted by atomic mass is 10.2. The minimum Gasteiger partial charge on any atom is -0.494 e. The number of unbranched alkanes of at least 4 members (excludes halogenated alkanes) is 1. The predicted molar refractivity (Wildman–Crippen MR) is 109 cm³/mol. The van der Waals surface area contributed by atoms with Crippen LogP contribution in [0.5, 0.6) is 11.5 Å². The molecule has 0 atom stereocenters. The molecule has 1 amide bonds. The van der Waals surface area contributed by atoms with Crippen molar-refractivity contribution in [3.8, 4) is 11.5 Å². The van der Waals surface area contributed by atoms with Crippen molar-refractivity contribution in [2.24, 2.45) is 0 Å². The van der Waals surface area contributed by atoms with Gasteiger partial charge in [0.15, 0.2) is 0 Å². The Bertz CT molecular complexity index is 690. The number of hydrogen-bond acceptors (Lipinski definition) is 4. The van der Waals surface area contributed by atoms with E-state index in [1.54, 1.807) is 11.8 Å². The van der Waals surface area contributed by atoms with Crippen LogP contribution in [0.1, 0.15) is 25.3 Å². The van der Waals surface area contributed by atoms with Crippen molar-refractivity contribution in [3.05, 3.63) is 54.1 Å². The SMILES string of the molecule is CCOc1ccccc1NC(=O)CSCCCCOc1cccc(C)c1. The Hall–Kier alpha value is -2.14. The first-order valence-electron chi connectivity index (χ1n) is 8.98. The van der Waals surface area contributed by atoms with Gasteiger partial charge in [0.05, 0.1) is 24.7 Å². The monoisotopic (exact) mass is 373 g/mol. The van der Waals surface area contributed by atoms with Crippen LogP contribution in [0.4, 0.5) is 5.69 Å². The second-order valence-corrected chi connectivity index (χ2v) is 7.01. The molecule has 0 saturated heterocycles. The molecule has 0 aromatic heterocycles. The van der Waals surface area contributed by atoms with Gasteiger partial charge in [-0.3, -0.25) is 4.79 Å². The fraction of sp³-hybridized carbons (Fsp3) is 0.381. The average Bonchev–Trinajstić information content (AvgIpc) is 2.63. The van der Waals surface area contributed by atoms with E-state index in [1.807, 2.05) is 49.4 Å². The Balaban J connectivity index is 1.57. The molecule has 2 aromatic rings. The summed E-state index contributed by atoms with van der Waals surface area (Å²) in [6.45, 7) is 5.27. The largest absolute Gasteiger partial charge is 0.494 e. The summed E-state index contributed by atoms with van der Waals surface area (Å²) in [5.74, 6) is 3.02. The zero-order valence-corrected chi connectivity index (χ0v) is 16.3. The van der Waals surface area contributed by atoms with Crippen molar-refractivity contribution < 1.29 is 14.3 Å². The fourth-order valence-corrected chi connectivity index (χ4v) is 3.21. The van der Waals surface area contributed by atoms with Crippen LogP contribution in [-0.4, -0.2) is 30.6 Å². The summed E-state index contributed by atoms with van der Waals surface area (Å²) in [7, 11) is 0. The summed E-state index contributed by atoms with van der Waals surface area (Å²) < 4.78 is 11.2. The molecule has 0 spiro atoms. The summed E-state index contributed by atoms with van der Waals surface area (Å²) in [5.41, 5.74) is 1.93. The first kappa shape index (κ1) is 20.2. The van der Waals surface area contributed by atoms with Crippen LogP contribution >= 0.6 is 11.8 Å². The first-order valence-corrected chi connectivity index (χ1v) is 10.1. The molecule has 2 aromatic carbocycles. The molecule has 0 heterocycles. The van der Waals surface area contributed by atoms with Crippen LogP contribution in [0.25, 0.3) is 0 Å². The number of thioether (sulfide) groups is 1. The number of nitrogens with one attached hydrogen (secondary N) is 1. The summed E-state index contributed by atoms with van der Waals surface area (Å²) >= 11 is 1.64. The number of aryl methyl sites for hydroxylation is 1. The van der Waals surface area contributed by atoms with E-state index in [4.69, 9.17) is 9.47 Å². The van der Waals surface area contributed by atoms with E-state index in [2.05, 4.69) is 18.3 Å². The lowest BCUT2D eigenvalue weighted by Crippen LogP contribution is -2.15. The molecule has 26 heavy (non-hydrogen) atoms. The predicted octanol–water partition coefficient (Wildman–Crippen LogP) is 4.92. The van der Waals surface area contributed by atoms with Crippen molar-refractivity contribution in [1.82, 2.24) is 0 Å². The van der Waals surface area contributed by atoms with Crippen molar-refractivity contribution in [2.75, 3.05) is 30.0 Å². The van der Waals surface area contributed by atoms with Crippen molar-refractivity contribution in [1.29, 1.82) is 0 Å².